The highest BCUT2D eigenvalue weighted by molar-refractivity contribution is 5.85. The summed E-state index contributed by atoms with van der Waals surface area (Å²) >= 11 is 0. The van der Waals surface area contributed by atoms with E-state index in [0.29, 0.717) is 0 Å². The second-order valence-corrected chi connectivity index (χ2v) is 10.2. The van der Waals surface area contributed by atoms with Crippen LogP contribution in [0.15, 0.2) is 134 Å². The standard InChI is InChI=1S/C35H28N4O/c1-38(2)26-17-20-37-34(23-26)39-21-18-28(24-39)40-27-11-9-10-25(22-27)35(33-16-7-8-19-36-33)31-14-5-3-12-29(31)30-13-4-6-15-32(30)35/h3-24H,1-2H3. The molecule has 0 saturated heterocycles. The van der Waals surface area contributed by atoms with Crippen LogP contribution in [0.2, 0.25) is 0 Å². The van der Waals surface area contributed by atoms with Crippen LogP contribution in [0.4, 0.5) is 5.69 Å². The molecule has 1 aliphatic rings. The number of fused-ring (bicyclic) bond motifs is 3. The van der Waals surface area contributed by atoms with E-state index in [1.165, 1.54) is 22.3 Å². The summed E-state index contributed by atoms with van der Waals surface area (Å²) in [4.78, 5) is 11.5. The Hall–Kier alpha value is -5.16. The third-order valence-electron chi connectivity index (χ3n) is 7.68. The molecule has 3 heterocycles. The Labute approximate surface area is 234 Å². The van der Waals surface area contributed by atoms with Crippen molar-refractivity contribution in [2.45, 2.75) is 5.41 Å². The van der Waals surface area contributed by atoms with Crippen molar-refractivity contribution in [3.8, 4) is 28.4 Å². The zero-order chi connectivity index (χ0) is 27.1. The fourth-order valence-electron chi connectivity index (χ4n) is 5.89. The first-order chi connectivity index (χ1) is 19.6. The topological polar surface area (TPSA) is 43.2 Å². The van der Waals surface area contributed by atoms with Crippen LogP contribution in [0.25, 0.3) is 16.9 Å². The van der Waals surface area contributed by atoms with E-state index < -0.39 is 5.41 Å². The van der Waals surface area contributed by atoms with E-state index in [0.717, 1.165) is 34.3 Å². The van der Waals surface area contributed by atoms with Gasteiger partial charge >= 0.3 is 0 Å². The molecule has 3 aromatic heterocycles. The first-order valence-corrected chi connectivity index (χ1v) is 13.4. The second kappa shape index (κ2) is 9.54. The normalized spacial score (nSPS) is 12.9. The quantitative estimate of drug-likeness (QED) is 0.228. The number of nitrogens with zero attached hydrogens (tertiary/aromatic N) is 4. The fourth-order valence-corrected chi connectivity index (χ4v) is 5.89. The van der Waals surface area contributed by atoms with Gasteiger partial charge in [-0.3, -0.25) is 4.98 Å². The van der Waals surface area contributed by atoms with Gasteiger partial charge in [-0.25, -0.2) is 4.98 Å². The van der Waals surface area contributed by atoms with Crippen LogP contribution < -0.4 is 9.64 Å². The Morgan fingerprint density at radius 3 is 2.15 bits per heavy atom. The molecule has 0 radical (unpaired) electrons. The maximum atomic E-state index is 6.44. The number of hydrogen-bond donors (Lipinski definition) is 0. The molecule has 1 aliphatic carbocycles. The first kappa shape index (κ1) is 23.9. The van der Waals surface area contributed by atoms with Gasteiger partial charge in [-0.05, 0) is 64.2 Å². The lowest BCUT2D eigenvalue weighted by Crippen LogP contribution is -2.29. The molecule has 0 saturated carbocycles. The average Bonchev–Trinajstić information content (AvgIpc) is 3.59. The highest BCUT2D eigenvalue weighted by Crippen LogP contribution is 2.55. The van der Waals surface area contributed by atoms with Crippen molar-refractivity contribution in [3.63, 3.8) is 0 Å². The third-order valence-corrected chi connectivity index (χ3v) is 7.68. The van der Waals surface area contributed by atoms with Crippen LogP contribution in [0.5, 0.6) is 11.5 Å². The van der Waals surface area contributed by atoms with Crippen molar-refractivity contribution >= 4 is 5.69 Å². The molecule has 7 rings (SSSR count). The SMILES string of the molecule is CN(C)c1ccnc(-n2ccc(Oc3cccc(C4(c5ccccn5)c5ccccc5-c5ccccc54)c3)c2)c1. The predicted octanol–water partition coefficient (Wildman–Crippen LogP) is 7.49. The van der Waals surface area contributed by atoms with Crippen molar-refractivity contribution in [3.05, 3.63) is 156 Å². The lowest BCUT2D eigenvalue weighted by Gasteiger charge is -2.32. The van der Waals surface area contributed by atoms with Crippen molar-refractivity contribution in [1.29, 1.82) is 0 Å². The molecule has 0 bridgehead atoms. The molecule has 194 valence electrons. The smallest absolute Gasteiger partial charge is 0.145 e. The summed E-state index contributed by atoms with van der Waals surface area (Å²) in [6, 6.07) is 37.9. The average molecular weight is 521 g/mol. The summed E-state index contributed by atoms with van der Waals surface area (Å²) in [6.45, 7) is 0. The zero-order valence-corrected chi connectivity index (χ0v) is 22.4. The second-order valence-electron chi connectivity index (χ2n) is 10.2. The van der Waals surface area contributed by atoms with Crippen molar-refractivity contribution in [1.82, 2.24) is 14.5 Å². The third kappa shape index (κ3) is 3.78. The number of anilines is 1. The fraction of sp³-hybridized carbons (Fsp3) is 0.0857. The Morgan fingerprint density at radius 2 is 1.43 bits per heavy atom. The van der Waals surface area contributed by atoms with E-state index in [4.69, 9.17) is 9.72 Å². The molecule has 3 aromatic carbocycles. The van der Waals surface area contributed by atoms with Gasteiger partial charge in [-0.2, -0.15) is 0 Å². The minimum atomic E-state index is -0.559. The van der Waals surface area contributed by atoms with Gasteiger partial charge in [-0.1, -0.05) is 66.7 Å². The van der Waals surface area contributed by atoms with E-state index >= 15 is 0 Å². The minimum absolute atomic E-state index is 0.559. The van der Waals surface area contributed by atoms with Crippen LogP contribution in [0.3, 0.4) is 0 Å². The molecule has 0 unspecified atom stereocenters. The highest BCUT2D eigenvalue weighted by Gasteiger charge is 2.47. The van der Waals surface area contributed by atoms with E-state index in [1.54, 1.807) is 0 Å². The van der Waals surface area contributed by atoms with Crippen LogP contribution in [-0.4, -0.2) is 28.6 Å². The number of aromatic nitrogens is 3. The summed E-state index contributed by atoms with van der Waals surface area (Å²) in [6.07, 6.45) is 7.63. The molecule has 0 N–H and O–H groups in total. The maximum Gasteiger partial charge on any atom is 0.145 e. The summed E-state index contributed by atoms with van der Waals surface area (Å²) in [7, 11) is 4.05. The molecule has 6 aromatic rings. The van der Waals surface area contributed by atoms with Gasteiger partial charge in [0.25, 0.3) is 0 Å². The van der Waals surface area contributed by atoms with Crippen LogP contribution in [0, 0.1) is 0 Å². The number of benzene rings is 3. The molecule has 0 fully saturated rings. The number of rotatable bonds is 6. The number of ether oxygens (including phenoxy) is 1. The van der Waals surface area contributed by atoms with E-state index in [-0.39, 0.29) is 0 Å². The minimum Gasteiger partial charge on any atom is -0.456 e. The molecule has 40 heavy (non-hydrogen) atoms. The van der Waals surface area contributed by atoms with Crippen molar-refractivity contribution < 1.29 is 4.74 Å². The largest absolute Gasteiger partial charge is 0.456 e. The molecule has 0 aliphatic heterocycles. The summed E-state index contributed by atoms with van der Waals surface area (Å²) < 4.78 is 8.41. The Bertz CT molecular complexity index is 1780. The number of hydrogen-bond acceptors (Lipinski definition) is 4. The van der Waals surface area contributed by atoms with E-state index in [1.807, 2.05) is 67.7 Å². The van der Waals surface area contributed by atoms with Gasteiger partial charge in [0.1, 0.15) is 17.3 Å². The lowest BCUT2D eigenvalue weighted by molar-refractivity contribution is 0.481. The molecular weight excluding hydrogens is 492 g/mol. The zero-order valence-electron chi connectivity index (χ0n) is 22.4. The van der Waals surface area contributed by atoms with E-state index in [9.17, 15) is 0 Å². The van der Waals surface area contributed by atoms with Crippen molar-refractivity contribution in [2.24, 2.45) is 0 Å². The molecule has 5 heteroatoms. The maximum absolute atomic E-state index is 6.44. The molecule has 0 amide bonds. The van der Waals surface area contributed by atoms with Crippen molar-refractivity contribution in [2.75, 3.05) is 19.0 Å². The van der Waals surface area contributed by atoms with Crippen LogP contribution in [0.1, 0.15) is 22.4 Å². The van der Waals surface area contributed by atoms with Gasteiger partial charge in [0.2, 0.25) is 0 Å². The van der Waals surface area contributed by atoms with Gasteiger partial charge in [0.15, 0.2) is 0 Å². The molecule has 0 spiro atoms. The summed E-state index contributed by atoms with van der Waals surface area (Å²) in [5.74, 6) is 2.35. The Balaban J connectivity index is 1.32. The monoisotopic (exact) mass is 520 g/mol. The van der Waals surface area contributed by atoms with Crippen LogP contribution in [-0.2, 0) is 5.41 Å². The Kier molecular flexibility index (Phi) is 5.71. The van der Waals surface area contributed by atoms with Crippen LogP contribution >= 0.6 is 0 Å². The van der Waals surface area contributed by atoms with Gasteiger partial charge < -0.3 is 14.2 Å². The van der Waals surface area contributed by atoms with Gasteiger partial charge in [0, 0.05) is 44.4 Å². The molecule has 0 atom stereocenters. The first-order valence-electron chi connectivity index (χ1n) is 13.4. The lowest BCUT2D eigenvalue weighted by atomic mass is 9.70. The van der Waals surface area contributed by atoms with E-state index in [2.05, 4.69) is 94.8 Å². The predicted molar refractivity (Wildman–Crippen MR) is 160 cm³/mol. The number of pyridine rings is 2. The van der Waals surface area contributed by atoms with Gasteiger partial charge in [0.05, 0.1) is 17.3 Å². The summed E-state index contributed by atoms with van der Waals surface area (Å²) in [5.41, 5.74) is 7.56. The Morgan fingerprint density at radius 1 is 0.675 bits per heavy atom. The molecule has 5 nitrogen and oxygen atoms in total. The summed E-state index contributed by atoms with van der Waals surface area (Å²) in [5, 5.41) is 0. The van der Waals surface area contributed by atoms with Gasteiger partial charge in [-0.15, -0.1) is 0 Å². The highest BCUT2D eigenvalue weighted by atomic mass is 16.5. The molecular formula is C35H28N4O.